The number of nitrogens with zero attached hydrogens (tertiary/aromatic N) is 1. The molecule has 0 bridgehead atoms. The first-order valence-corrected chi connectivity index (χ1v) is 5.20. The van der Waals surface area contributed by atoms with Crippen LogP contribution in [0.15, 0.2) is 18.3 Å². The molecule has 1 aromatic heterocycles. The van der Waals surface area contributed by atoms with E-state index in [4.69, 9.17) is 11.5 Å². The average molecular weight is 191 g/mol. The maximum atomic E-state index is 6.04. The third-order valence-corrected chi connectivity index (χ3v) is 2.68. The largest absolute Gasteiger partial charge is 0.384 e. The minimum Gasteiger partial charge on any atom is -0.384 e. The Kier molecular flexibility index (Phi) is 2.68. The Labute approximate surface area is 84.5 Å². The lowest BCUT2D eigenvalue weighted by Gasteiger charge is -2.10. The van der Waals surface area contributed by atoms with Gasteiger partial charge in [-0.15, -0.1) is 0 Å². The van der Waals surface area contributed by atoms with Crippen molar-refractivity contribution in [2.45, 2.75) is 31.7 Å². The standard InChI is InChI=1S/C11H17N3/c12-10(5-8-1-2-8)6-9-3-4-14-11(13)7-9/h3-4,7-8,10H,1-2,5-6,12H2,(H2,13,14). The van der Waals surface area contributed by atoms with E-state index in [1.165, 1.54) is 18.4 Å². The van der Waals surface area contributed by atoms with Crippen LogP contribution in [0.1, 0.15) is 24.8 Å². The quantitative estimate of drug-likeness (QED) is 0.754. The molecule has 1 aromatic rings. The molecule has 2 rings (SSSR count). The molecule has 0 radical (unpaired) electrons. The fraction of sp³-hybridized carbons (Fsp3) is 0.545. The van der Waals surface area contributed by atoms with Crippen LogP contribution in [-0.4, -0.2) is 11.0 Å². The van der Waals surface area contributed by atoms with E-state index in [1.54, 1.807) is 6.20 Å². The number of aromatic nitrogens is 1. The van der Waals surface area contributed by atoms with Gasteiger partial charge in [0.1, 0.15) is 5.82 Å². The van der Waals surface area contributed by atoms with Gasteiger partial charge in [-0.05, 0) is 36.5 Å². The second-order valence-corrected chi connectivity index (χ2v) is 4.23. The third-order valence-electron chi connectivity index (χ3n) is 2.68. The first kappa shape index (κ1) is 9.46. The average Bonchev–Trinajstić information content (AvgIpc) is 2.87. The molecule has 0 amide bonds. The van der Waals surface area contributed by atoms with E-state index in [0.29, 0.717) is 5.82 Å². The predicted molar refractivity (Wildman–Crippen MR) is 57.7 cm³/mol. The van der Waals surface area contributed by atoms with Crippen molar-refractivity contribution in [2.75, 3.05) is 5.73 Å². The number of hydrogen-bond donors (Lipinski definition) is 2. The predicted octanol–water partition coefficient (Wildman–Crippen LogP) is 1.33. The highest BCUT2D eigenvalue weighted by Gasteiger charge is 2.23. The molecule has 3 nitrogen and oxygen atoms in total. The van der Waals surface area contributed by atoms with Gasteiger partial charge in [0.15, 0.2) is 0 Å². The molecular weight excluding hydrogens is 174 g/mol. The molecule has 4 N–H and O–H groups in total. The van der Waals surface area contributed by atoms with Crippen LogP contribution in [0.2, 0.25) is 0 Å². The molecule has 0 spiro atoms. The van der Waals surface area contributed by atoms with Crippen molar-refractivity contribution in [2.24, 2.45) is 11.7 Å². The SMILES string of the molecule is Nc1cc(CC(N)CC2CC2)ccn1. The summed E-state index contributed by atoms with van der Waals surface area (Å²) in [6.45, 7) is 0. The zero-order valence-electron chi connectivity index (χ0n) is 8.32. The van der Waals surface area contributed by atoms with Gasteiger partial charge in [-0.3, -0.25) is 0 Å². The van der Waals surface area contributed by atoms with Crippen molar-refractivity contribution in [3.05, 3.63) is 23.9 Å². The van der Waals surface area contributed by atoms with Crippen LogP contribution in [0, 0.1) is 5.92 Å². The van der Waals surface area contributed by atoms with Gasteiger partial charge in [-0.2, -0.15) is 0 Å². The van der Waals surface area contributed by atoms with Crippen molar-refractivity contribution in [1.82, 2.24) is 4.98 Å². The van der Waals surface area contributed by atoms with E-state index in [-0.39, 0.29) is 6.04 Å². The van der Waals surface area contributed by atoms with E-state index < -0.39 is 0 Å². The van der Waals surface area contributed by atoms with Crippen LogP contribution in [0.4, 0.5) is 5.82 Å². The zero-order valence-corrected chi connectivity index (χ0v) is 8.32. The first-order chi connectivity index (χ1) is 6.74. The molecule has 0 aliphatic heterocycles. The normalized spacial score (nSPS) is 18.1. The summed E-state index contributed by atoms with van der Waals surface area (Å²) in [5, 5.41) is 0. The summed E-state index contributed by atoms with van der Waals surface area (Å²) in [7, 11) is 0. The third kappa shape index (κ3) is 2.70. The van der Waals surface area contributed by atoms with Crippen LogP contribution < -0.4 is 11.5 Å². The molecule has 14 heavy (non-hydrogen) atoms. The molecular formula is C11H17N3. The van der Waals surface area contributed by atoms with E-state index in [2.05, 4.69) is 4.98 Å². The molecule has 3 heteroatoms. The Morgan fingerprint density at radius 3 is 2.93 bits per heavy atom. The lowest BCUT2D eigenvalue weighted by atomic mass is 10.0. The monoisotopic (exact) mass is 191 g/mol. The zero-order chi connectivity index (χ0) is 9.97. The Bertz CT molecular complexity index is 307. The van der Waals surface area contributed by atoms with Gasteiger partial charge >= 0.3 is 0 Å². The van der Waals surface area contributed by atoms with Crippen LogP contribution in [0.3, 0.4) is 0 Å². The molecule has 0 saturated heterocycles. The fourth-order valence-electron chi connectivity index (χ4n) is 1.79. The number of hydrogen-bond acceptors (Lipinski definition) is 3. The minimum absolute atomic E-state index is 0.282. The highest BCUT2D eigenvalue weighted by molar-refractivity contribution is 5.32. The van der Waals surface area contributed by atoms with E-state index in [9.17, 15) is 0 Å². The van der Waals surface area contributed by atoms with E-state index in [1.807, 2.05) is 12.1 Å². The van der Waals surface area contributed by atoms with Crippen LogP contribution in [0.25, 0.3) is 0 Å². The Morgan fingerprint density at radius 1 is 1.50 bits per heavy atom. The highest BCUT2D eigenvalue weighted by atomic mass is 14.8. The van der Waals surface area contributed by atoms with Crippen molar-refractivity contribution in [3.8, 4) is 0 Å². The maximum Gasteiger partial charge on any atom is 0.123 e. The number of anilines is 1. The summed E-state index contributed by atoms with van der Waals surface area (Å²) in [6.07, 6.45) is 6.55. The van der Waals surface area contributed by atoms with Crippen LogP contribution in [0.5, 0.6) is 0 Å². The summed E-state index contributed by atoms with van der Waals surface area (Å²) >= 11 is 0. The number of rotatable bonds is 4. The molecule has 1 aliphatic carbocycles. The van der Waals surface area contributed by atoms with Crippen LogP contribution in [-0.2, 0) is 6.42 Å². The number of pyridine rings is 1. The lowest BCUT2D eigenvalue weighted by molar-refractivity contribution is 0.566. The topological polar surface area (TPSA) is 64.9 Å². The Morgan fingerprint density at radius 2 is 2.29 bits per heavy atom. The van der Waals surface area contributed by atoms with Gasteiger partial charge in [-0.1, -0.05) is 12.8 Å². The maximum absolute atomic E-state index is 6.04. The van der Waals surface area contributed by atoms with Crippen molar-refractivity contribution in [3.63, 3.8) is 0 Å². The van der Waals surface area contributed by atoms with Gasteiger partial charge in [0.2, 0.25) is 0 Å². The number of nitrogen functional groups attached to an aromatic ring is 1. The van der Waals surface area contributed by atoms with Crippen molar-refractivity contribution >= 4 is 5.82 Å². The second kappa shape index (κ2) is 3.96. The van der Waals surface area contributed by atoms with Gasteiger partial charge in [0.25, 0.3) is 0 Å². The van der Waals surface area contributed by atoms with E-state index >= 15 is 0 Å². The molecule has 76 valence electrons. The molecule has 1 heterocycles. The summed E-state index contributed by atoms with van der Waals surface area (Å²) in [6, 6.07) is 4.18. The van der Waals surface area contributed by atoms with Crippen molar-refractivity contribution in [1.29, 1.82) is 0 Å². The summed E-state index contributed by atoms with van der Waals surface area (Å²) in [4.78, 5) is 3.96. The first-order valence-electron chi connectivity index (χ1n) is 5.20. The lowest BCUT2D eigenvalue weighted by Crippen LogP contribution is -2.23. The molecule has 0 aromatic carbocycles. The van der Waals surface area contributed by atoms with Gasteiger partial charge in [-0.25, -0.2) is 4.98 Å². The molecule has 1 fully saturated rings. The highest BCUT2D eigenvalue weighted by Crippen LogP contribution is 2.33. The smallest absolute Gasteiger partial charge is 0.123 e. The van der Waals surface area contributed by atoms with E-state index in [0.717, 1.165) is 18.8 Å². The Balaban J connectivity index is 1.88. The number of nitrogens with two attached hydrogens (primary N) is 2. The Hall–Kier alpha value is -1.09. The van der Waals surface area contributed by atoms with Crippen LogP contribution >= 0.6 is 0 Å². The molecule has 1 saturated carbocycles. The van der Waals surface area contributed by atoms with Crippen molar-refractivity contribution < 1.29 is 0 Å². The van der Waals surface area contributed by atoms with Gasteiger partial charge in [0, 0.05) is 12.2 Å². The minimum atomic E-state index is 0.282. The fourth-order valence-corrected chi connectivity index (χ4v) is 1.79. The molecule has 1 aliphatic rings. The summed E-state index contributed by atoms with van der Waals surface area (Å²) < 4.78 is 0. The summed E-state index contributed by atoms with van der Waals surface area (Å²) in [5.41, 5.74) is 12.8. The van der Waals surface area contributed by atoms with Gasteiger partial charge in [0.05, 0.1) is 0 Å². The molecule has 1 unspecified atom stereocenters. The molecule has 1 atom stereocenters. The second-order valence-electron chi connectivity index (χ2n) is 4.23. The summed E-state index contributed by atoms with van der Waals surface area (Å²) in [5.74, 6) is 1.48. The van der Waals surface area contributed by atoms with Gasteiger partial charge < -0.3 is 11.5 Å².